The van der Waals surface area contributed by atoms with Crippen molar-refractivity contribution in [2.45, 2.75) is 11.1 Å². The lowest BCUT2D eigenvalue weighted by Crippen LogP contribution is -2.23. The zero-order chi connectivity index (χ0) is 21.3. The van der Waals surface area contributed by atoms with Crippen LogP contribution in [-0.4, -0.2) is 46.8 Å². The normalized spacial score (nSPS) is 12.1. The minimum Gasteiger partial charge on any atom is -0.378 e. The van der Waals surface area contributed by atoms with Crippen molar-refractivity contribution >= 4 is 27.3 Å². The van der Waals surface area contributed by atoms with Crippen LogP contribution in [0.5, 0.6) is 0 Å². The lowest BCUT2D eigenvalue weighted by atomic mass is 10.1. The molecule has 6 nitrogen and oxygen atoms in total. The second kappa shape index (κ2) is 7.80. The molecule has 0 saturated carbocycles. The fourth-order valence-corrected chi connectivity index (χ4v) is 3.31. The number of sulfonamides is 1. The summed E-state index contributed by atoms with van der Waals surface area (Å²) in [5, 5.41) is 2.22. The summed E-state index contributed by atoms with van der Waals surface area (Å²) in [4.78, 5) is 13.8. The van der Waals surface area contributed by atoms with Gasteiger partial charge in [-0.25, -0.2) is 12.7 Å². The molecule has 2 aromatic carbocycles. The standard InChI is InChI=1S/C18H20F3N3O3S/c1-23(2)13-8-9-16(15(11-13)18(19,20)21)22-17(25)12-6-5-7-14(10-12)28(26,27)24(3)4/h5-11H,1-4H3,(H,22,25). The van der Waals surface area contributed by atoms with Crippen molar-refractivity contribution in [3.8, 4) is 0 Å². The number of carbonyl (C=O) groups excluding carboxylic acids is 1. The van der Waals surface area contributed by atoms with Crippen molar-refractivity contribution in [3.05, 3.63) is 53.6 Å². The number of nitrogens with one attached hydrogen (secondary N) is 1. The van der Waals surface area contributed by atoms with Gasteiger partial charge in [0.15, 0.2) is 0 Å². The molecule has 0 saturated heterocycles. The van der Waals surface area contributed by atoms with Crippen molar-refractivity contribution in [3.63, 3.8) is 0 Å². The van der Waals surface area contributed by atoms with Gasteiger partial charge in [0.1, 0.15) is 0 Å². The Morgan fingerprint density at radius 2 is 1.64 bits per heavy atom. The number of anilines is 2. The summed E-state index contributed by atoms with van der Waals surface area (Å²) in [5.41, 5.74) is -1.16. The van der Waals surface area contributed by atoms with Crippen LogP contribution in [0, 0.1) is 0 Å². The Bertz CT molecular complexity index is 987. The van der Waals surface area contributed by atoms with Crippen LogP contribution in [0.2, 0.25) is 0 Å². The summed E-state index contributed by atoms with van der Waals surface area (Å²) in [6, 6.07) is 8.64. The summed E-state index contributed by atoms with van der Waals surface area (Å²) in [7, 11) is 2.09. The fraction of sp³-hybridized carbons (Fsp3) is 0.278. The van der Waals surface area contributed by atoms with Crippen molar-refractivity contribution < 1.29 is 26.4 Å². The average Bonchev–Trinajstić information content (AvgIpc) is 2.60. The third-order valence-electron chi connectivity index (χ3n) is 3.95. The summed E-state index contributed by atoms with van der Waals surface area (Å²) in [5.74, 6) is -0.848. The largest absolute Gasteiger partial charge is 0.418 e. The number of hydrogen-bond donors (Lipinski definition) is 1. The molecule has 0 spiro atoms. The number of hydrogen-bond acceptors (Lipinski definition) is 4. The molecule has 0 fully saturated rings. The van der Waals surface area contributed by atoms with Crippen LogP contribution in [0.1, 0.15) is 15.9 Å². The van der Waals surface area contributed by atoms with Crippen molar-refractivity contribution in [1.29, 1.82) is 0 Å². The molecular formula is C18H20F3N3O3S. The molecule has 0 aliphatic rings. The molecule has 0 unspecified atom stereocenters. The number of alkyl halides is 3. The molecule has 0 heterocycles. The molecule has 1 N–H and O–H groups in total. The van der Waals surface area contributed by atoms with E-state index in [-0.39, 0.29) is 10.5 Å². The van der Waals surface area contributed by atoms with Gasteiger partial charge in [0, 0.05) is 39.4 Å². The molecular weight excluding hydrogens is 395 g/mol. The number of carbonyl (C=O) groups is 1. The second-order valence-corrected chi connectivity index (χ2v) is 8.54. The zero-order valence-electron chi connectivity index (χ0n) is 15.7. The van der Waals surface area contributed by atoms with Crippen molar-refractivity contribution in [1.82, 2.24) is 4.31 Å². The molecule has 152 valence electrons. The van der Waals surface area contributed by atoms with Gasteiger partial charge in [0.05, 0.1) is 16.1 Å². The Kier molecular flexibility index (Phi) is 6.05. The molecule has 0 aromatic heterocycles. The van der Waals surface area contributed by atoms with Gasteiger partial charge in [-0.15, -0.1) is 0 Å². The smallest absolute Gasteiger partial charge is 0.378 e. The molecule has 0 aliphatic heterocycles. The number of nitrogens with zero attached hydrogens (tertiary/aromatic N) is 2. The van der Waals surface area contributed by atoms with Gasteiger partial charge in [0.2, 0.25) is 10.0 Å². The highest BCUT2D eigenvalue weighted by Crippen LogP contribution is 2.37. The van der Waals surface area contributed by atoms with E-state index < -0.39 is 33.4 Å². The highest BCUT2D eigenvalue weighted by Gasteiger charge is 2.34. The number of halogens is 3. The van der Waals surface area contributed by atoms with Gasteiger partial charge >= 0.3 is 6.18 Å². The first-order valence-electron chi connectivity index (χ1n) is 8.06. The molecule has 0 radical (unpaired) electrons. The third-order valence-corrected chi connectivity index (χ3v) is 5.76. The lowest BCUT2D eigenvalue weighted by molar-refractivity contribution is -0.136. The molecule has 28 heavy (non-hydrogen) atoms. The van der Waals surface area contributed by atoms with Crippen LogP contribution in [-0.2, 0) is 16.2 Å². The molecule has 0 atom stereocenters. The van der Waals surface area contributed by atoms with Gasteiger partial charge < -0.3 is 10.2 Å². The van der Waals surface area contributed by atoms with Crippen LogP contribution >= 0.6 is 0 Å². The van der Waals surface area contributed by atoms with E-state index in [1.807, 2.05) is 0 Å². The van der Waals surface area contributed by atoms with Crippen LogP contribution in [0.25, 0.3) is 0 Å². The summed E-state index contributed by atoms with van der Waals surface area (Å²) in [6.07, 6.45) is -4.68. The fourth-order valence-electron chi connectivity index (χ4n) is 2.36. The van der Waals surface area contributed by atoms with Crippen LogP contribution < -0.4 is 10.2 Å². The minimum absolute atomic E-state index is 0.0762. The van der Waals surface area contributed by atoms with Gasteiger partial charge in [-0.1, -0.05) is 6.07 Å². The van der Waals surface area contributed by atoms with Crippen LogP contribution in [0.3, 0.4) is 0 Å². The van der Waals surface area contributed by atoms with Gasteiger partial charge in [0.25, 0.3) is 5.91 Å². The van der Waals surface area contributed by atoms with E-state index in [1.54, 1.807) is 14.1 Å². The number of rotatable bonds is 5. The monoisotopic (exact) mass is 415 g/mol. The first-order chi connectivity index (χ1) is 12.8. The van der Waals surface area contributed by atoms with E-state index in [4.69, 9.17) is 0 Å². The van der Waals surface area contributed by atoms with E-state index in [9.17, 15) is 26.4 Å². The van der Waals surface area contributed by atoms with E-state index in [2.05, 4.69) is 5.32 Å². The lowest BCUT2D eigenvalue weighted by Gasteiger charge is -2.19. The quantitative estimate of drug-likeness (QED) is 0.814. The topological polar surface area (TPSA) is 69.7 Å². The summed E-state index contributed by atoms with van der Waals surface area (Å²) < 4.78 is 65.6. The zero-order valence-corrected chi connectivity index (χ0v) is 16.5. The average molecular weight is 415 g/mol. The Morgan fingerprint density at radius 1 is 1.00 bits per heavy atom. The Labute approximate surface area is 161 Å². The van der Waals surface area contributed by atoms with Gasteiger partial charge in [-0.2, -0.15) is 13.2 Å². The summed E-state index contributed by atoms with van der Waals surface area (Å²) >= 11 is 0. The number of amides is 1. The maximum atomic E-state index is 13.4. The third kappa shape index (κ3) is 4.63. The van der Waals surface area contributed by atoms with Crippen molar-refractivity contribution in [2.24, 2.45) is 0 Å². The highest BCUT2D eigenvalue weighted by atomic mass is 32.2. The maximum Gasteiger partial charge on any atom is 0.418 e. The Hall–Kier alpha value is -2.59. The molecule has 2 aromatic rings. The molecule has 2 rings (SSSR count). The van der Waals surface area contributed by atoms with Gasteiger partial charge in [-0.05, 0) is 36.4 Å². The first-order valence-corrected chi connectivity index (χ1v) is 9.50. The molecule has 1 amide bonds. The minimum atomic E-state index is -4.68. The van der Waals surface area contributed by atoms with Crippen molar-refractivity contribution in [2.75, 3.05) is 38.4 Å². The first kappa shape index (κ1) is 21.7. The predicted octanol–water partition coefficient (Wildman–Crippen LogP) is 3.27. The van der Waals surface area contributed by atoms with E-state index in [0.29, 0.717) is 5.69 Å². The highest BCUT2D eigenvalue weighted by molar-refractivity contribution is 7.89. The summed E-state index contributed by atoms with van der Waals surface area (Å²) in [6.45, 7) is 0. The van der Waals surface area contributed by atoms with E-state index >= 15 is 0 Å². The molecule has 0 aliphatic carbocycles. The Morgan fingerprint density at radius 3 is 2.18 bits per heavy atom. The van der Waals surface area contributed by atoms with Crippen LogP contribution in [0.15, 0.2) is 47.4 Å². The molecule has 10 heteroatoms. The SMILES string of the molecule is CN(C)c1ccc(NC(=O)c2cccc(S(=O)(=O)N(C)C)c2)c(C(F)(F)F)c1. The second-order valence-electron chi connectivity index (χ2n) is 6.39. The van der Waals surface area contributed by atoms with E-state index in [0.717, 1.165) is 22.5 Å². The maximum absolute atomic E-state index is 13.4. The number of benzene rings is 2. The van der Waals surface area contributed by atoms with E-state index in [1.165, 1.54) is 43.3 Å². The Balaban J connectivity index is 2.41. The van der Waals surface area contributed by atoms with Crippen LogP contribution in [0.4, 0.5) is 24.5 Å². The predicted molar refractivity (Wildman–Crippen MR) is 101 cm³/mol. The van der Waals surface area contributed by atoms with Gasteiger partial charge in [-0.3, -0.25) is 4.79 Å². The molecule has 0 bridgehead atoms.